The smallest absolute Gasteiger partial charge is 0.305 e. The van der Waals surface area contributed by atoms with Crippen LogP contribution in [-0.4, -0.2) is 28.1 Å². The normalized spacial score (nSPS) is 19.1. The van der Waals surface area contributed by atoms with Crippen LogP contribution >= 0.6 is 31.9 Å². The standard InChI is InChI=1S/C9H8Br2N2O3/c10-5-2-6-9(16)12-3-4(1-7(14)15)13(6)8(5)11/h2,4H,1,3H2,(H,12,16)(H,14,15)/t4-/m0/s1. The molecule has 0 fully saturated rings. The van der Waals surface area contributed by atoms with Crippen molar-refractivity contribution in [2.45, 2.75) is 12.5 Å². The molecule has 7 heteroatoms. The minimum Gasteiger partial charge on any atom is -0.481 e. The molecule has 2 N–H and O–H groups in total. The van der Waals surface area contributed by atoms with Gasteiger partial charge in [0.25, 0.3) is 5.91 Å². The van der Waals surface area contributed by atoms with E-state index in [1.54, 1.807) is 10.6 Å². The minimum absolute atomic E-state index is 0.0208. The van der Waals surface area contributed by atoms with Gasteiger partial charge in [0.05, 0.1) is 21.5 Å². The number of carbonyl (C=O) groups is 2. The van der Waals surface area contributed by atoms with Gasteiger partial charge in [0.15, 0.2) is 0 Å². The van der Waals surface area contributed by atoms with Crippen LogP contribution in [-0.2, 0) is 4.79 Å². The Balaban J connectivity index is 2.46. The molecule has 86 valence electrons. The zero-order valence-electron chi connectivity index (χ0n) is 8.04. The van der Waals surface area contributed by atoms with E-state index in [9.17, 15) is 9.59 Å². The van der Waals surface area contributed by atoms with E-state index in [1.807, 2.05) is 0 Å². The first-order valence-corrected chi connectivity index (χ1v) is 6.15. The van der Waals surface area contributed by atoms with Gasteiger partial charge in [0.1, 0.15) is 5.69 Å². The topological polar surface area (TPSA) is 71.3 Å². The average Bonchev–Trinajstić information content (AvgIpc) is 2.49. The van der Waals surface area contributed by atoms with Gasteiger partial charge in [-0.1, -0.05) is 0 Å². The largest absolute Gasteiger partial charge is 0.481 e. The Morgan fingerprint density at radius 2 is 2.31 bits per heavy atom. The summed E-state index contributed by atoms with van der Waals surface area (Å²) in [6.45, 7) is 0.331. The molecule has 0 aromatic carbocycles. The molecule has 0 radical (unpaired) electrons. The Morgan fingerprint density at radius 1 is 1.62 bits per heavy atom. The summed E-state index contributed by atoms with van der Waals surface area (Å²) < 4.78 is 3.15. The number of hydrogen-bond donors (Lipinski definition) is 2. The maximum Gasteiger partial charge on any atom is 0.305 e. The van der Waals surface area contributed by atoms with Crippen molar-refractivity contribution in [1.82, 2.24) is 9.88 Å². The third kappa shape index (κ3) is 1.89. The van der Waals surface area contributed by atoms with Crippen molar-refractivity contribution >= 4 is 43.7 Å². The highest BCUT2D eigenvalue weighted by atomic mass is 79.9. The fraction of sp³-hybridized carbons (Fsp3) is 0.333. The van der Waals surface area contributed by atoms with Gasteiger partial charge in [-0.25, -0.2) is 0 Å². The van der Waals surface area contributed by atoms with E-state index in [-0.39, 0.29) is 18.4 Å². The maximum atomic E-state index is 11.6. The number of aliphatic carboxylic acids is 1. The van der Waals surface area contributed by atoms with Gasteiger partial charge in [0.2, 0.25) is 0 Å². The van der Waals surface area contributed by atoms with Gasteiger partial charge >= 0.3 is 5.97 Å². The van der Waals surface area contributed by atoms with Gasteiger partial charge in [-0.2, -0.15) is 0 Å². The maximum absolute atomic E-state index is 11.6. The van der Waals surface area contributed by atoms with E-state index in [0.717, 1.165) is 4.47 Å². The van der Waals surface area contributed by atoms with Gasteiger partial charge < -0.3 is 15.0 Å². The van der Waals surface area contributed by atoms with Crippen LogP contribution < -0.4 is 5.32 Å². The molecule has 1 aliphatic heterocycles. The van der Waals surface area contributed by atoms with Crippen molar-refractivity contribution in [3.8, 4) is 0 Å². The number of rotatable bonds is 2. The molecule has 0 unspecified atom stereocenters. The first-order valence-electron chi connectivity index (χ1n) is 4.57. The first kappa shape index (κ1) is 11.7. The number of carbonyl (C=O) groups excluding carboxylic acids is 1. The lowest BCUT2D eigenvalue weighted by molar-refractivity contribution is -0.137. The molecular weight excluding hydrogens is 344 g/mol. The fourth-order valence-electron chi connectivity index (χ4n) is 1.76. The highest BCUT2D eigenvalue weighted by Crippen LogP contribution is 2.33. The summed E-state index contributed by atoms with van der Waals surface area (Å²) in [5.41, 5.74) is 0.469. The van der Waals surface area contributed by atoms with Crippen LogP contribution in [0.1, 0.15) is 23.0 Å². The number of amides is 1. The van der Waals surface area contributed by atoms with Crippen LogP contribution in [0.4, 0.5) is 0 Å². The number of fused-ring (bicyclic) bond motifs is 1. The van der Waals surface area contributed by atoms with Crippen molar-refractivity contribution < 1.29 is 14.7 Å². The Bertz CT molecular complexity index is 470. The lowest BCUT2D eigenvalue weighted by atomic mass is 10.1. The molecule has 0 aliphatic carbocycles. The molecule has 1 aliphatic rings. The Kier molecular flexibility index (Phi) is 3.07. The molecule has 0 spiro atoms. The molecule has 16 heavy (non-hydrogen) atoms. The third-order valence-corrected chi connectivity index (χ3v) is 4.38. The van der Waals surface area contributed by atoms with E-state index in [4.69, 9.17) is 5.11 Å². The third-order valence-electron chi connectivity index (χ3n) is 2.44. The number of halogens is 2. The number of carboxylic acids is 1. The molecule has 0 bridgehead atoms. The van der Waals surface area contributed by atoms with Crippen molar-refractivity contribution in [3.05, 3.63) is 20.8 Å². The summed E-state index contributed by atoms with van der Waals surface area (Å²) in [5, 5.41) is 11.5. The molecule has 2 heterocycles. The van der Waals surface area contributed by atoms with Crippen LogP contribution in [0.2, 0.25) is 0 Å². The summed E-state index contributed by atoms with van der Waals surface area (Å²) in [6, 6.07) is 1.42. The predicted octanol–water partition coefficient (Wildman–Crippen LogP) is 1.77. The highest BCUT2D eigenvalue weighted by molar-refractivity contribution is 9.13. The summed E-state index contributed by atoms with van der Waals surface area (Å²) in [7, 11) is 0. The zero-order valence-corrected chi connectivity index (χ0v) is 11.2. The Labute approximate surface area is 108 Å². The van der Waals surface area contributed by atoms with E-state index in [2.05, 4.69) is 37.2 Å². The van der Waals surface area contributed by atoms with Gasteiger partial charge in [-0.15, -0.1) is 0 Å². The van der Waals surface area contributed by atoms with Crippen molar-refractivity contribution in [3.63, 3.8) is 0 Å². The number of carboxylic acid groups (broad SMARTS) is 1. The van der Waals surface area contributed by atoms with Crippen molar-refractivity contribution in [2.75, 3.05) is 6.54 Å². The lowest BCUT2D eigenvalue weighted by Gasteiger charge is -2.26. The number of nitrogens with one attached hydrogen (secondary N) is 1. The Morgan fingerprint density at radius 3 is 2.94 bits per heavy atom. The molecule has 1 amide bonds. The van der Waals surface area contributed by atoms with Crippen LogP contribution in [0.5, 0.6) is 0 Å². The summed E-state index contributed by atoms with van der Waals surface area (Å²) in [5.74, 6) is -1.07. The summed E-state index contributed by atoms with van der Waals surface area (Å²) in [6.07, 6.45) is -0.0208. The van der Waals surface area contributed by atoms with Crippen LogP contribution in [0.3, 0.4) is 0 Å². The zero-order chi connectivity index (χ0) is 11.9. The van der Waals surface area contributed by atoms with E-state index in [1.165, 1.54) is 0 Å². The lowest BCUT2D eigenvalue weighted by Crippen LogP contribution is -2.39. The summed E-state index contributed by atoms with van der Waals surface area (Å²) in [4.78, 5) is 22.3. The molecule has 1 aromatic rings. The first-order chi connectivity index (χ1) is 7.50. The van der Waals surface area contributed by atoms with Gasteiger partial charge in [-0.3, -0.25) is 9.59 Å². The quantitative estimate of drug-likeness (QED) is 0.853. The van der Waals surface area contributed by atoms with Crippen LogP contribution in [0, 0.1) is 0 Å². The molecule has 1 aromatic heterocycles. The second kappa shape index (κ2) is 4.21. The minimum atomic E-state index is -0.885. The molecule has 5 nitrogen and oxygen atoms in total. The van der Waals surface area contributed by atoms with E-state index in [0.29, 0.717) is 16.8 Å². The van der Waals surface area contributed by atoms with Crippen LogP contribution in [0.25, 0.3) is 0 Å². The van der Waals surface area contributed by atoms with Crippen molar-refractivity contribution in [1.29, 1.82) is 0 Å². The van der Waals surface area contributed by atoms with Gasteiger partial charge in [0, 0.05) is 6.54 Å². The second-order valence-corrected chi connectivity index (χ2v) is 5.11. The number of aromatic nitrogens is 1. The number of hydrogen-bond acceptors (Lipinski definition) is 2. The highest BCUT2D eigenvalue weighted by Gasteiger charge is 2.29. The molecule has 1 atom stereocenters. The monoisotopic (exact) mass is 350 g/mol. The van der Waals surface area contributed by atoms with Crippen LogP contribution in [0.15, 0.2) is 15.1 Å². The van der Waals surface area contributed by atoms with Crippen molar-refractivity contribution in [2.24, 2.45) is 0 Å². The molecular formula is C9H8Br2N2O3. The molecule has 2 rings (SSSR count). The van der Waals surface area contributed by atoms with E-state index < -0.39 is 5.97 Å². The van der Waals surface area contributed by atoms with Gasteiger partial charge in [-0.05, 0) is 37.9 Å². The summed E-state index contributed by atoms with van der Waals surface area (Å²) >= 11 is 6.64. The second-order valence-electron chi connectivity index (χ2n) is 3.50. The fourth-order valence-corrected chi connectivity index (χ4v) is 2.76. The SMILES string of the molecule is O=C(O)C[C@H]1CNC(=O)c2cc(Br)c(Br)n21. The predicted molar refractivity (Wildman–Crippen MR) is 63.5 cm³/mol. The molecule has 0 saturated heterocycles. The van der Waals surface area contributed by atoms with E-state index >= 15 is 0 Å². The average molecular weight is 352 g/mol. The Hall–Kier alpha value is -0.820. The molecule has 0 saturated carbocycles. The number of nitrogens with zero attached hydrogens (tertiary/aromatic N) is 1.